The standard InChI is InChI=1S/C15H19N3O2/c1-11-13(10-17-18(11)2)14(15(19)20-3)16-9-12-7-5-4-6-8-12/h4-8,10,14,16H,9H2,1-3H3. The topological polar surface area (TPSA) is 56.1 Å². The second-order valence-electron chi connectivity index (χ2n) is 4.63. The molecule has 5 nitrogen and oxygen atoms in total. The van der Waals surface area contributed by atoms with E-state index in [2.05, 4.69) is 10.4 Å². The minimum atomic E-state index is -0.506. The fourth-order valence-electron chi connectivity index (χ4n) is 2.05. The first-order valence-electron chi connectivity index (χ1n) is 6.47. The van der Waals surface area contributed by atoms with Crippen LogP contribution in [0.2, 0.25) is 0 Å². The van der Waals surface area contributed by atoms with E-state index in [-0.39, 0.29) is 5.97 Å². The van der Waals surface area contributed by atoms with E-state index >= 15 is 0 Å². The van der Waals surface area contributed by atoms with Gasteiger partial charge in [0.1, 0.15) is 6.04 Å². The van der Waals surface area contributed by atoms with E-state index in [0.29, 0.717) is 6.54 Å². The molecule has 2 aromatic rings. The van der Waals surface area contributed by atoms with Crippen LogP contribution in [0.5, 0.6) is 0 Å². The number of hydrogen-bond acceptors (Lipinski definition) is 4. The molecule has 0 aliphatic heterocycles. The molecule has 0 spiro atoms. The van der Waals surface area contributed by atoms with Crippen molar-refractivity contribution in [2.45, 2.75) is 19.5 Å². The van der Waals surface area contributed by atoms with Crippen LogP contribution < -0.4 is 5.32 Å². The molecule has 0 aliphatic rings. The molecule has 0 bridgehead atoms. The lowest BCUT2D eigenvalue weighted by molar-refractivity contribution is -0.143. The predicted molar refractivity (Wildman–Crippen MR) is 76.0 cm³/mol. The molecule has 0 aliphatic carbocycles. The Morgan fingerprint density at radius 2 is 2.10 bits per heavy atom. The number of ether oxygens (including phenoxy) is 1. The third-order valence-corrected chi connectivity index (χ3v) is 3.37. The molecule has 20 heavy (non-hydrogen) atoms. The molecular weight excluding hydrogens is 254 g/mol. The highest BCUT2D eigenvalue weighted by molar-refractivity contribution is 5.77. The van der Waals surface area contributed by atoms with Crippen LogP contribution in [-0.4, -0.2) is 22.9 Å². The average Bonchev–Trinajstić information content (AvgIpc) is 2.80. The molecule has 1 atom stereocenters. The Morgan fingerprint density at radius 3 is 2.65 bits per heavy atom. The number of benzene rings is 1. The van der Waals surface area contributed by atoms with Gasteiger partial charge < -0.3 is 4.74 Å². The zero-order valence-corrected chi connectivity index (χ0v) is 12.0. The fraction of sp³-hybridized carbons (Fsp3) is 0.333. The minimum Gasteiger partial charge on any atom is -0.468 e. The highest BCUT2D eigenvalue weighted by atomic mass is 16.5. The zero-order chi connectivity index (χ0) is 14.5. The number of esters is 1. The maximum absolute atomic E-state index is 12.0. The molecule has 0 radical (unpaired) electrons. The summed E-state index contributed by atoms with van der Waals surface area (Å²) in [4.78, 5) is 12.0. The van der Waals surface area contributed by atoms with E-state index < -0.39 is 6.04 Å². The molecule has 1 aromatic carbocycles. The summed E-state index contributed by atoms with van der Waals surface area (Å²) in [6.07, 6.45) is 1.70. The Kier molecular flexibility index (Phi) is 4.53. The van der Waals surface area contributed by atoms with Crippen LogP contribution in [-0.2, 0) is 23.1 Å². The van der Waals surface area contributed by atoms with Crippen molar-refractivity contribution in [2.24, 2.45) is 7.05 Å². The number of nitrogens with one attached hydrogen (secondary N) is 1. The maximum atomic E-state index is 12.0. The monoisotopic (exact) mass is 273 g/mol. The van der Waals surface area contributed by atoms with Gasteiger partial charge in [-0.2, -0.15) is 5.10 Å². The zero-order valence-electron chi connectivity index (χ0n) is 12.0. The number of aryl methyl sites for hydroxylation is 1. The number of aromatic nitrogens is 2. The van der Waals surface area contributed by atoms with E-state index in [0.717, 1.165) is 16.8 Å². The summed E-state index contributed by atoms with van der Waals surface area (Å²) in [5.41, 5.74) is 2.90. The number of nitrogens with zero attached hydrogens (tertiary/aromatic N) is 2. The average molecular weight is 273 g/mol. The molecule has 0 saturated heterocycles. The molecule has 5 heteroatoms. The van der Waals surface area contributed by atoms with Crippen LogP contribution in [0.25, 0.3) is 0 Å². The van der Waals surface area contributed by atoms with Crippen molar-refractivity contribution < 1.29 is 9.53 Å². The van der Waals surface area contributed by atoms with Crippen molar-refractivity contribution in [2.75, 3.05) is 7.11 Å². The van der Waals surface area contributed by atoms with E-state index in [1.165, 1.54) is 7.11 Å². The third-order valence-electron chi connectivity index (χ3n) is 3.37. The van der Waals surface area contributed by atoms with Crippen LogP contribution in [0, 0.1) is 6.92 Å². The quantitative estimate of drug-likeness (QED) is 0.843. The van der Waals surface area contributed by atoms with Gasteiger partial charge in [-0.1, -0.05) is 30.3 Å². The third kappa shape index (κ3) is 3.05. The Bertz CT molecular complexity index is 578. The maximum Gasteiger partial charge on any atom is 0.327 e. The summed E-state index contributed by atoms with van der Waals surface area (Å²) in [7, 11) is 3.25. The van der Waals surface area contributed by atoms with Gasteiger partial charge in [0.15, 0.2) is 0 Å². The normalized spacial score (nSPS) is 12.2. The van der Waals surface area contributed by atoms with Gasteiger partial charge in [0.25, 0.3) is 0 Å². The molecule has 2 rings (SSSR count). The Hall–Kier alpha value is -2.14. The van der Waals surface area contributed by atoms with Gasteiger partial charge >= 0.3 is 5.97 Å². The molecular formula is C15H19N3O2. The molecule has 1 heterocycles. The first kappa shape index (κ1) is 14.3. The first-order valence-corrected chi connectivity index (χ1v) is 6.47. The highest BCUT2D eigenvalue weighted by Gasteiger charge is 2.24. The van der Waals surface area contributed by atoms with Crippen molar-refractivity contribution in [1.29, 1.82) is 0 Å². The lowest BCUT2D eigenvalue weighted by Gasteiger charge is -2.16. The van der Waals surface area contributed by atoms with Crippen molar-refractivity contribution in [3.05, 3.63) is 53.3 Å². The summed E-state index contributed by atoms with van der Waals surface area (Å²) in [6.45, 7) is 2.53. The van der Waals surface area contributed by atoms with Crippen molar-refractivity contribution in [3.8, 4) is 0 Å². The Labute approximate surface area is 118 Å². The van der Waals surface area contributed by atoms with Crippen molar-refractivity contribution >= 4 is 5.97 Å². The molecule has 0 saturated carbocycles. The van der Waals surface area contributed by atoms with E-state index in [9.17, 15) is 4.79 Å². The number of hydrogen-bond donors (Lipinski definition) is 1. The Balaban J connectivity index is 2.17. The van der Waals surface area contributed by atoms with Gasteiger partial charge in [0.05, 0.1) is 13.3 Å². The molecule has 0 fully saturated rings. The van der Waals surface area contributed by atoms with Gasteiger partial charge in [-0.3, -0.25) is 10.00 Å². The fourth-order valence-corrected chi connectivity index (χ4v) is 2.05. The van der Waals surface area contributed by atoms with Crippen LogP contribution in [0.4, 0.5) is 0 Å². The van der Waals surface area contributed by atoms with E-state index in [1.54, 1.807) is 10.9 Å². The molecule has 1 aromatic heterocycles. The summed E-state index contributed by atoms with van der Waals surface area (Å²) in [5, 5.41) is 7.41. The van der Waals surface area contributed by atoms with Gasteiger partial charge in [-0.05, 0) is 12.5 Å². The summed E-state index contributed by atoms with van der Waals surface area (Å²) in [6, 6.07) is 9.43. The minimum absolute atomic E-state index is 0.308. The van der Waals surface area contributed by atoms with Gasteiger partial charge in [0, 0.05) is 24.8 Å². The number of rotatable bonds is 5. The van der Waals surface area contributed by atoms with Crippen LogP contribution in [0.3, 0.4) is 0 Å². The van der Waals surface area contributed by atoms with Crippen molar-refractivity contribution in [3.63, 3.8) is 0 Å². The predicted octanol–water partition coefficient (Wildman–Crippen LogP) is 1.73. The number of carbonyl (C=O) groups excluding carboxylic acids is 1. The van der Waals surface area contributed by atoms with Crippen molar-refractivity contribution in [1.82, 2.24) is 15.1 Å². The largest absolute Gasteiger partial charge is 0.468 e. The lowest BCUT2D eigenvalue weighted by Crippen LogP contribution is -2.29. The van der Waals surface area contributed by atoms with Crippen LogP contribution in [0.1, 0.15) is 22.9 Å². The second kappa shape index (κ2) is 6.34. The van der Waals surface area contributed by atoms with Crippen LogP contribution >= 0.6 is 0 Å². The van der Waals surface area contributed by atoms with Gasteiger partial charge in [0.2, 0.25) is 0 Å². The van der Waals surface area contributed by atoms with E-state index in [4.69, 9.17) is 4.74 Å². The molecule has 106 valence electrons. The van der Waals surface area contributed by atoms with Gasteiger partial charge in [-0.15, -0.1) is 0 Å². The van der Waals surface area contributed by atoms with Crippen LogP contribution in [0.15, 0.2) is 36.5 Å². The highest BCUT2D eigenvalue weighted by Crippen LogP contribution is 2.18. The molecule has 1 unspecified atom stereocenters. The lowest BCUT2D eigenvalue weighted by atomic mass is 10.1. The summed E-state index contributed by atoms with van der Waals surface area (Å²) < 4.78 is 6.63. The molecule has 1 N–H and O–H groups in total. The number of methoxy groups -OCH3 is 1. The Morgan fingerprint density at radius 1 is 1.40 bits per heavy atom. The second-order valence-corrected chi connectivity index (χ2v) is 4.63. The number of carbonyl (C=O) groups is 1. The van der Waals surface area contributed by atoms with E-state index in [1.807, 2.05) is 44.3 Å². The first-order chi connectivity index (χ1) is 9.63. The SMILES string of the molecule is COC(=O)C(NCc1ccccc1)c1cnn(C)c1C. The smallest absolute Gasteiger partial charge is 0.327 e. The molecule has 0 amide bonds. The summed E-state index contributed by atoms with van der Waals surface area (Å²) >= 11 is 0. The van der Waals surface area contributed by atoms with Gasteiger partial charge in [-0.25, -0.2) is 4.79 Å². The summed E-state index contributed by atoms with van der Waals surface area (Å²) in [5.74, 6) is -0.308.